The molecule has 0 bridgehead atoms. The summed E-state index contributed by atoms with van der Waals surface area (Å²) in [5, 5.41) is 0. The topological polar surface area (TPSA) is 17.1 Å². The molecule has 0 amide bonds. The summed E-state index contributed by atoms with van der Waals surface area (Å²) in [6, 6.07) is 7.67. The van der Waals surface area contributed by atoms with Gasteiger partial charge < -0.3 is 0 Å². The van der Waals surface area contributed by atoms with Gasteiger partial charge in [0.15, 0.2) is 5.78 Å². The molecular weight excluding hydrogens is 172 g/mol. The first-order valence-electron chi connectivity index (χ1n) is 4.74. The molecule has 0 atom stereocenters. The molecule has 0 spiro atoms. The highest BCUT2D eigenvalue weighted by atomic mass is 16.1. The smallest absolute Gasteiger partial charge is 0.164 e. The first-order chi connectivity index (χ1) is 6.75. The summed E-state index contributed by atoms with van der Waals surface area (Å²) in [5.41, 5.74) is 1.87. The fraction of sp³-hybridized carbons (Fsp3) is 0.308. The van der Waals surface area contributed by atoms with Gasteiger partial charge in [-0.1, -0.05) is 24.3 Å². The Morgan fingerprint density at radius 1 is 1.36 bits per heavy atom. The lowest BCUT2D eigenvalue weighted by Gasteiger charge is -2.01. The summed E-state index contributed by atoms with van der Waals surface area (Å²) in [7, 11) is 0. The molecule has 0 aliphatic rings. The van der Waals surface area contributed by atoms with Crippen LogP contribution in [0.1, 0.15) is 35.7 Å². The van der Waals surface area contributed by atoms with Crippen molar-refractivity contribution in [1.82, 2.24) is 0 Å². The van der Waals surface area contributed by atoms with Gasteiger partial charge in [0.2, 0.25) is 0 Å². The minimum atomic E-state index is 0.186. The Bertz CT molecular complexity index is 380. The maximum Gasteiger partial charge on any atom is 0.164 e. The third kappa shape index (κ3) is 2.74. The van der Waals surface area contributed by atoms with Crippen LogP contribution in [0.3, 0.4) is 0 Å². The molecule has 14 heavy (non-hydrogen) atoms. The van der Waals surface area contributed by atoms with Crippen molar-refractivity contribution < 1.29 is 4.79 Å². The van der Waals surface area contributed by atoms with Crippen LogP contribution in [-0.4, -0.2) is 5.78 Å². The van der Waals surface area contributed by atoms with E-state index in [9.17, 15) is 4.79 Å². The summed E-state index contributed by atoms with van der Waals surface area (Å²) in [5.74, 6) is 5.87. The van der Waals surface area contributed by atoms with Crippen LogP contribution < -0.4 is 0 Å². The van der Waals surface area contributed by atoms with Gasteiger partial charge in [0.05, 0.1) is 0 Å². The van der Waals surface area contributed by atoms with Gasteiger partial charge in [-0.15, -0.1) is 11.8 Å². The molecule has 0 aromatic heterocycles. The molecule has 1 aromatic rings. The average molecular weight is 186 g/mol. The van der Waals surface area contributed by atoms with Crippen molar-refractivity contribution in [2.75, 3.05) is 0 Å². The van der Waals surface area contributed by atoms with E-state index in [1.54, 1.807) is 6.92 Å². The van der Waals surface area contributed by atoms with Gasteiger partial charge in [-0.25, -0.2) is 0 Å². The lowest BCUT2D eigenvalue weighted by atomic mass is 10.0. The lowest BCUT2D eigenvalue weighted by molar-refractivity contribution is 0.0984. The van der Waals surface area contributed by atoms with Crippen molar-refractivity contribution >= 4 is 5.78 Å². The quantitative estimate of drug-likeness (QED) is 0.524. The van der Waals surface area contributed by atoms with Crippen LogP contribution in [0.5, 0.6) is 0 Å². The standard InChI is InChI=1S/C13H14O/c1-3-4-5-10-13(14)12-9-7-6-8-11(12)2/h6-9H,5,10H2,1-2H3. The molecule has 1 aromatic carbocycles. The number of ketones is 1. The second-order valence-corrected chi connectivity index (χ2v) is 3.16. The Hall–Kier alpha value is -1.55. The van der Waals surface area contributed by atoms with Crippen molar-refractivity contribution in [3.8, 4) is 11.8 Å². The molecule has 72 valence electrons. The van der Waals surface area contributed by atoms with E-state index in [1.807, 2.05) is 31.2 Å². The normalized spacial score (nSPS) is 9.00. The average Bonchev–Trinajstić information content (AvgIpc) is 2.18. The lowest BCUT2D eigenvalue weighted by Crippen LogP contribution is -2.00. The fourth-order valence-corrected chi connectivity index (χ4v) is 1.32. The number of hydrogen-bond acceptors (Lipinski definition) is 1. The van der Waals surface area contributed by atoms with Crippen LogP contribution in [0, 0.1) is 18.8 Å². The van der Waals surface area contributed by atoms with Crippen molar-refractivity contribution in [2.24, 2.45) is 0 Å². The van der Waals surface area contributed by atoms with Crippen LogP contribution in [0.2, 0.25) is 0 Å². The summed E-state index contributed by atoms with van der Waals surface area (Å²) >= 11 is 0. The zero-order valence-corrected chi connectivity index (χ0v) is 8.63. The first-order valence-corrected chi connectivity index (χ1v) is 4.74. The van der Waals surface area contributed by atoms with Gasteiger partial charge in [0.1, 0.15) is 0 Å². The van der Waals surface area contributed by atoms with E-state index >= 15 is 0 Å². The highest BCUT2D eigenvalue weighted by Crippen LogP contribution is 2.10. The maximum absolute atomic E-state index is 11.7. The SMILES string of the molecule is CC#CCCC(=O)c1ccccc1C. The van der Waals surface area contributed by atoms with Crippen molar-refractivity contribution in [3.05, 3.63) is 35.4 Å². The Kier molecular flexibility index (Phi) is 3.94. The molecule has 1 rings (SSSR count). The van der Waals surface area contributed by atoms with E-state index in [-0.39, 0.29) is 5.78 Å². The number of aryl methyl sites for hydroxylation is 1. The molecule has 0 N–H and O–H groups in total. The second kappa shape index (κ2) is 5.24. The Labute approximate surface area is 85.1 Å². The first kappa shape index (κ1) is 10.5. The largest absolute Gasteiger partial charge is 0.294 e. The highest BCUT2D eigenvalue weighted by Gasteiger charge is 2.06. The molecule has 0 saturated carbocycles. The number of carbonyl (C=O) groups is 1. The third-order valence-corrected chi connectivity index (χ3v) is 2.10. The Morgan fingerprint density at radius 2 is 2.07 bits per heavy atom. The molecule has 0 aliphatic carbocycles. The van der Waals surface area contributed by atoms with Crippen LogP contribution in [0.15, 0.2) is 24.3 Å². The predicted octanol–water partition coefficient (Wildman–Crippen LogP) is 2.98. The van der Waals surface area contributed by atoms with Crippen LogP contribution in [0.25, 0.3) is 0 Å². The zero-order chi connectivity index (χ0) is 10.4. The molecule has 0 unspecified atom stereocenters. The highest BCUT2D eigenvalue weighted by molar-refractivity contribution is 5.97. The minimum absolute atomic E-state index is 0.186. The van der Waals surface area contributed by atoms with Crippen molar-refractivity contribution in [1.29, 1.82) is 0 Å². The Balaban J connectivity index is 2.68. The summed E-state index contributed by atoms with van der Waals surface area (Å²) in [4.78, 5) is 11.7. The van der Waals surface area contributed by atoms with Gasteiger partial charge in [-0.3, -0.25) is 4.79 Å². The molecule has 0 saturated heterocycles. The second-order valence-electron chi connectivity index (χ2n) is 3.16. The minimum Gasteiger partial charge on any atom is -0.294 e. The maximum atomic E-state index is 11.7. The van der Waals surface area contributed by atoms with Crippen molar-refractivity contribution in [3.63, 3.8) is 0 Å². The van der Waals surface area contributed by atoms with E-state index in [4.69, 9.17) is 0 Å². The summed E-state index contributed by atoms with van der Waals surface area (Å²) in [6.07, 6.45) is 1.18. The van der Waals surface area contributed by atoms with Crippen LogP contribution in [-0.2, 0) is 0 Å². The van der Waals surface area contributed by atoms with Gasteiger partial charge >= 0.3 is 0 Å². The molecule has 1 nitrogen and oxygen atoms in total. The number of rotatable bonds is 3. The van der Waals surface area contributed by atoms with Gasteiger partial charge in [-0.2, -0.15) is 0 Å². The molecular formula is C13H14O. The van der Waals surface area contributed by atoms with Gasteiger partial charge in [0, 0.05) is 18.4 Å². The van der Waals surface area contributed by atoms with Crippen LogP contribution >= 0.6 is 0 Å². The number of Topliss-reactive ketones (excluding diaryl/α,β-unsaturated/α-hetero) is 1. The predicted molar refractivity (Wildman–Crippen MR) is 58.2 cm³/mol. The molecule has 0 radical (unpaired) electrons. The number of carbonyl (C=O) groups excluding carboxylic acids is 1. The zero-order valence-electron chi connectivity index (χ0n) is 8.63. The summed E-state index contributed by atoms with van der Waals surface area (Å²) < 4.78 is 0. The van der Waals surface area contributed by atoms with E-state index in [0.29, 0.717) is 12.8 Å². The van der Waals surface area contributed by atoms with Gasteiger partial charge in [-0.05, 0) is 19.4 Å². The third-order valence-electron chi connectivity index (χ3n) is 2.10. The fourth-order valence-electron chi connectivity index (χ4n) is 1.32. The molecule has 0 heterocycles. The number of benzene rings is 1. The van der Waals surface area contributed by atoms with Gasteiger partial charge in [0.25, 0.3) is 0 Å². The molecule has 1 heteroatoms. The molecule has 0 aliphatic heterocycles. The number of hydrogen-bond donors (Lipinski definition) is 0. The Morgan fingerprint density at radius 3 is 2.71 bits per heavy atom. The van der Waals surface area contributed by atoms with E-state index < -0.39 is 0 Å². The van der Waals surface area contributed by atoms with E-state index in [1.165, 1.54) is 0 Å². The van der Waals surface area contributed by atoms with Crippen molar-refractivity contribution in [2.45, 2.75) is 26.7 Å². The summed E-state index contributed by atoms with van der Waals surface area (Å²) in [6.45, 7) is 3.75. The molecule has 0 fully saturated rings. The van der Waals surface area contributed by atoms with Crippen LogP contribution in [0.4, 0.5) is 0 Å². The van der Waals surface area contributed by atoms with E-state index in [0.717, 1.165) is 11.1 Å². The van der Waals surface area contributed by atoms with E-state index in [2.05, 4.69) is 11.8 Å². The monoisotopic (exact) mass is 186 g/mol.